The fraction of sp³-hybridized carbons (Fsp3) is 0.588. The van der Waals surface area contributed by atoms with E-state index < -0.39 is 0 Å². The number of hydrogen-bond donors (Lipinski definition) is 0. The van der Waals surface area contributed by atoms with Crippen molar-refractivity contribution in [3.05, 3.63) is 35.9 Å². The van der Waals surface area contributed by atoms with E-state index in [1.54, 1.807) is 7.11 Å². The highest BCUT2D eigenvalue weighted by Gasteiger charge is 2.27. The molecule has 0 aliphatic heterocycles. The standard InChI is InChI=1S/C17H28N2O2/c1-5-19(6-2)17(20)16(15-11-8-7-9-12-15)18(3)13-10-14-21-4/h7-9,11-12,16H,5-6,10,13-14H2,1-4H3. The number of hydrogen-bond acceptors (Lipinski definition) is 3. The summed E-state index contributed by atoms with van der Waals surface area (Å²) in [5, 5.41) is 0. The molecular weight excluding hydrogens is 264 g/mol. The van der Waals surface area contributed by atoms with Crippen molar-refractivity contribution in [2.45, 2.75) is 26.3 Å². The van der Waals surface area contributed by atoms with Gasteiger partial charge in [0.1, 0.15) is 6.04 Å². The number of benzene rings is 1. The third-order valence-electron chi connectivity index (χ3n) is 3.72. The van der Waals surface area contributed by atoms with Crippen LogP contribution in [0.5, 0.6) is 0 Å². The summed E-state index contributed by atoms with van der Waals surface area (Å²) in [7, 11) is 3.71. The van der Waals surface area contributed by atoms with Crippen LogP contribution in [0.3, 0.4) is 0 Å². The van der Waals surface area contributed by atoms with Gasteiger partial charge >= 0.3 is 0 Å². The Labute approximate surface area is 128 Å². The van der Waals surface area contributed by atoms with Gasteiger partial charge in [-0.2, -0.15) is 0 Å². The summed E-state index contributed by atoms with van der Waals surface area (Å²) < 4.78 is 5.11. The van der Waals surface area contributed by atoms with Crippen LogP contribution in [-0.4, -0.2) is 56.1 Å². The lowest BCUT2D eigenvalue weighted by Crippen LogP contribution is -2.42. The van der Waals surface area contributed by atoms with E-state index in [9.17, 15) is 4.79 Å². The molecule has 1 rings (SSSR count). The molecule has 21 heavy (non-hydrogen) atoms. The van der Waals surface area contributed by atoms with E-state index in [0.29, 0.717) is 6.61 Å². The van der Waals surface area contributed by atoms with Crippen molar-refractivity contribution in [1.82, 2.24) is 9.80 Å². The molecule has 1 atom stereocenters. The SMILES string of the molecule is CCN(CC)C(=O)C(c1ccccc1)N(C)CCCOC. The molecule has 1 unspecified atom stereocenters. The second-order valence-electron chi connectivity index (χ2n) is 5.15. The predicted octanol–water partition coefficient (Wildman–Crippen LogP) is 2.56. The van der Waals surface area contributed by atoms with Gasteiger partial charge in [-0.3, -0.25) is 9.69 Å². The zero-order chi connectivity index (χ0) is 15.7. The molecule has 0 saturated heterocycles. The Bertz CT molecular complexity index is 405. The van der Waals surface area contributed by atoms with Crippen molar-refractivity contribution in [2.24, 2.45) is 0 Å². The Kier molecular flexibility index (Phi) is 8.01. The van der Waals surface area contributed by atoms with Crippen molar-refractivity contribution < 1.29 is 9.53 Å². The molecule has 0 aliphatic carbocycles. The highest BCUT2D eigenvalue weighted by atomic mass is 16.5. The average molecular weight is 292 g/mol. The van der Waals surface area contributed by atoms with Crippen molar-refractivity contribution in [2.75, 3.05) is 40.4 Å². The lowest BCUT2D eigenvalue weighted by atomic mass is 10.0. The summed E-state index contributed by atoms with van der Waals surface area (Å²) in [6.07, 6.45) is 0.919. The number of carbonyl (C=O) groups excluding carboxylic acids is 1. The van der Waals surface area contributed by atoms with E-state index in [1.807, 2.05) is 56.1 Å². The largest absolute Gasteiger partial charge is 0.385 e. The van der Waals surface area contributed by atoms with Gasteiger partial charge in [0, 0.05) is 33.4 Å². The van der Waals surface area contributed by atoms with Gasteiger partial charge in [0.2, 0.25) is 5.91 Å². The van der Waals surface area contributed by atoms with E-state index >= 15 is 0 Å². The van der Waals surface area contributed by atoms with Crippen molar-refractivity contribution in [3.8, 4) is 0 Å². The van der Waals surface area contributed by atoms with Crippen LogP contribution >= 0.6 is 0 Å². The molecule has 0 saturated carbocycles. The molecule has 0 spiro atoms. The Hall–Kier alpha value is -1.39. The highest BCUT2D eigenvalue weighted by Crippen LogP contribution is 2.22. The van der Waals surface area contributed by atoms with Gasteiger partial charge < -0.3 is 9.64 Å². The minimum absolute atomic E-state index is 0.172. The molecule has 0 N–H and O–H groups in total. The average Bonchev–Trinajstić information content (AvgIpc) is 2.50. The summed E-state index contributed by atoms with van der Waals surface area (Å²) in [6.45, 7) is 7.07. The molecule has 1 amide bonds. The molecule has 0 aliphatic rings. The quantitative estimate of drug-likeness (QED) is 0.656. The maximum Gasteiger partial charge on any atom is 0.244 e. The van der Waals surface area contributed by atoms with Gasteiger partial charge in [0.25, 0.3) is 0 Å². The first-order valence-corrected chi connectivity index (χ1v) is 7.68. The van der Waals surface area contributed by atoms with Crippen LogP contribution in [0.25, 0.3) is 0 Å². The van der Waals surface area contributed by atoms with Gasteiger partial charge in [-0.05, 0) is 32.9 Å². The molecular formula is C17H28N2O2. The molecule has 0 radical (unpaired) electrons. The lowest BCUT2D eigenvalue weighted by molar-refractivity contribution is -0.136. The molecule has 118 valence electrons. The van der Waals surface area contributed by atoms with Gasteiger partial charge in [-0.25, -0.2) is 0 Å². The van der Waals surface area contributed by atoms with Gasteiger partial charge in [0.05, 0.1) is 0 Å². The molecule has 4 heteroatoms. The molecule has 0 aromatic heterocycles. The van der Waals surface area contributed by atoms with Gasteiger partial charge in [0.15, 0.2) is 0 Å². The smallest absolute Gasteiger partial charge is 0.244 e. The number of ether oxygens (including phenoxy) is 1. The zero-order valence-corrected chi connectivity index (χ0v) is 13.7. The van der Waals surface area contributed by atoms with Crippen molar-refractivity contribution in [3.63, 3.8) is 0 Å². The third-order valence-corrected chi connectivity index (χ3v) is 3.72. The van der Waals surface area contributed by atoms with E-state index in [1.165, 1.54) is 0 Å². The van der Waals surface area contributed by atoms with Crippen LogP contribution in [0.4, 0.5) is 0 Å². The van der Waals surface area contributed by atoms with E-state index in [0.717, 1.165) is 31.6 Å². The topological polar surface area (TPSA) is 32.8 Å². The molecule has 0 heterocycles. The fourth-order valence-corrected chi connectivity index (χ4v) is 2.52. The van der Waals surface area contributed by atoms with Gasteiger partial charge in [-0.15, -0.1) is 0 Å². The molecule has 4 nitrogen and oxygen atoms in total. The Morgan fingerprint density at radius 3 is 2.33 bits per heavy atom. The predicted molar refractivity (Wildman–Crippen MR) is 86.2 cm³/mol. The number of carbonyl (C=O) groups is 1. The van der Waals surface area contributed by atoms with E-state index in [2.05, 4.69) is 4.90 Å². The first kappa shape index (κ1) is 17.7. The van der Waals surface area contributed by atoms with Crippen LogP contribution in [0.2, 0.25) is 0 Å². The first-order chi connectivity index (χ1) is 10.2. The van der Waals surface area contributed by atoms with Crippen molar-refractivity contribution in [1.29, 1.82) is 0 Å². The molecule has 0 fully saturated rings. The summed E-state index contributed by atoms with van der Waals surface area (Å²) in [5.41, 5.74) is 1.05. The maximum atomic E-state index is 12.8. The maximum absolute atomic E-state index is 12.8. The number of likely N-dealkylation sites (N-methyl/N-ethyl adjacent to an activating group) is 2. The van der Waals surface area contributed by atoms with Crippen LogP contribution < -0.4 is 0 Å². The first-order valence-electron chi connectivity index (χ1n) is 7.68. The number of amides is 1. The summed E-state index contributed by atoms with van der Waals surface area (Å²) in [6, 6.07) is 9.79. The summed E-state index contributed by atoms with van der Waals surface area (Å²) in [4.78, 5) is 16.8. The second kappa shape index (κ2) is 9.53. The summed E-state index contributed by atoms with van der Waals surface area (Å²) in [5.74, 6) is 0.172. The van der Waals surface area contributed by atoms with E-state index in [4.69, 9.17) is 4.74 Å². The zero-order valence-electron chi connectivity index (χ0n) is 13.7. The highest BCUT2D eigenvalue weighted by molar-refractivity contribution is 5.83. The van der Waals surface area contributed by atoms with Crippen LogP contribution in [-0.2, 0) is 9.53 Å². The fourth-order valence-electron chi connectivity index (χ4n) is 2.52. The Balaban J connectivity index is 2.92. The number of rotatable bonds is 9. The van der Waals surface area contributed by atoms with Crippen LogP contribution in [0.15, 0.2) is 30.3 Å². The van der Waals surface area contributed by atoms with E-state index in [-0.39, 0.29) is 11.9 Å². The Morgan fingerprint density at radius 1 is 1.19 bits per heavy atom. The monoisotopic (exact) mass is 292 g/mol. The van der Waals surface area contributed by atoms with Gasteiger partial charge in [-0.1, -0.05) is 30.3 Å². The summed E-state index contributed by atoms with van der Waals surface area (Å²) >= 11 is 0. The lowest BCUT2D eigenvalue weighted by Gasteiger charge is -2.32. The van der Waals surface area contributed by atoms with Crippen LogP contribution in [0.1, 0.15) is 31.9 Å². The Morgan fingerprint density at radius 2 is 1.81 bits per heavy atom. The number of nitrogens with zero attached hydrogens (tertiary/aromatic N) is 2. The second-order valence-corrected chi connectivity index (χ2v) is 5.15. The molecule has 1 aromatic rings. The normalized spacial score (nSPS) is 12.4. The minimum atomic E-state index is -0.219. The molecule has 0 bridgehead atoms. The van der Waals surface area contributed by atoms with Crippen LogP contribution in [0, 0.1) is 0 Å². The van der Waals surface area contributed by atoms with Crippen molar-refractivity contribution >= 4 is 5.91 Å². The third kappa shape index (κ3) is 5.14. The number of methoxy groups -OCH3 is 1. The minimum Gasteiger partial charge on any atom is -0.385 e. The molecule has 1 aromatic carbocycles.